The quantitative estimate of drug-likeness (QED) is 0.933. The summed E-state index contributed by atoms with van der Waals surface area (Å²) in [5.41, 5.74) is 10.3. The number of amides is 1. The van der Waals surface area contributed by atoms with Crippen molar-refractivity contribution in [3.63, 3.8) is 0 Å². The molecular formula is C16H20N4O. The maximum absolute atomic E-state index is 11.8. The monoisotopic (exact) mass is 284 g/mol. The number of nitrogens with two attached hydrogens (primary N) is 1. The van der Waals surface area contributed by atoms with Crippen molar-refractivity contribution in [2.24, 2.45) is 5.73 Å². The second kappa shape index (κ2) is 5.31. The number of aromatic nitrogens is 3. The summed E-state index contributed by atoms with van der Waals surface area (Å²) in [4.78, 5) is 16.5. The van der Waals surface area contributed by atoms with Gasteiger partial charge in [0.2, 0.25) is 0 Å². The lowest BCUT2D eigenvalue weighted by atomic mass is 10.1. The third-order valence-electron chi connectivity index (χ3n) is 4.05. The number of aryl methyl sites for hydroxylation is 4. The Morgan fingerprint density at radius 1 is 1.29 bits per heavy atom. The van der Waals surface area contributed by atoms with Crippen LogP contribution in [0.3, 0.4) is 0 Å². The molecule has 2 N–H and O–H groups in total. The molecule has 0 radical (unpaired) electrons. The Labute approximate surface area is 124 Å². The Hall–Kier alpha value is -2.17. The standard InChI is InChI=1S/C16H20N4O/c1-3-11-9-12(4-2)20(19-11)16-13(15(17)21)8-10-6-5-7-14(10)18-16/h8-9H,3-7H2,1-2H3,(H2,17,21). The number of carbonyl (C=O) groups is 1. The Bertz CT molecular complexity index is 703. The highest BCUT2D eigenvalue weighted by atomic mass is 16.1. The summed E-state index contributed by atoms with van der Waals surface area (Å²) in [5, 5.41) is 4.58. The van der Waals surface area contributed by atoms with Crippen molar-refractivity contribution in [3.05, 3.63) is 40.3 Å². The second-order valence-corrected chi connectivity index (χ2v) is 5.43. The summed E-state index contributed by atoms with van der Waals surface area (Å²) in [7, 11) is 0. The van der Waals surface area contributed by atoms with Gasteiger partial charge in [-0.05, 0) is 49.8 Å². The largest absolute Gasteiger partial charge is 0.365 e. The Morgan fingerprint density at radius 3 is 2.76 bits per heavy atom. The van der Waals surface area contributed by atoms with E-state index in [0.717, 1.165) is 54.7 Å². The number of primary amides is 1. The molecule has 0 saturated carbocycles. The fourth-order valence-corrected chi connectivity index (χ4v) is 2.89. The highest BCUT2D eigenvalue weighted by molar-refractivity contribution is 5.96. The van der Waals surface area contributed by atoms with Gasteiger partial charge in [0.1, 0.15) is 0 Å². The predicted octanol–water partition coefficient (Wildman–Crippen LogP) is 1.98. The van der Waals surface area contributed by atoms with E-state index in [1.807, 2.05) is 6.07 Å². The molecule has 2 aromatic rings. The molecule has 3 rings (SSSR count). The smallest absolute Gasteiger partial charge is 0.252 e. The highest BCUT2D eigenvalue weighted by Gasteiger charge is 2.21. The fraction of sp³-hybridized carbons (Fsp3) is 0.438. The second-order valence-electron chi connectivity index (χ2n) is 5.43. The first kappa shape index (κ1) is 13.8. The Morgan fingerprint density at radius 2 is 2.10 bits per heavy atom. The van der Waals surface area contributed by atoms with Crippen molar-refractivity contribution >= 4 is 5.91 Å². The van der Waals surface area contributed by atoms with Crippen LogP contribution < -0.4 is 5.73 Å². The number of pyridine rings is 1. The molecule has 0 unspecified atom stereocenters. The summed E-state index contributed by atoms with van der Waals surface area (Å²) in [6.45, 7) is 4.14. The van der Waals surface area contributed by atoms with Gasteiger partial charge in [0.15, 0.2) is 5.82 Å². The molecule has 110 valence electrons. The zero-order chi connectivity index (χ0) is 15.0. The van der Waals surface area contributed by atoms with E-state index < -0.39 is 5.91 Å². The summed E-state index contributed by atoms with van der Waals surface area (Å²) >= 11 is 0. The first-order chi connectivity index (χ1) is 10.1. The highest BCUT2D eigenvalue weighted by Crippen LogP contribution is 2.25. The lowest BCUT2D eigenvalue weighted by Gasteiger charge is -2.11. The van der Waals surface area contributed by atoms with Crippen molar-refractivity contribution in [1.82, 2.24) is 14.8 Å². The lowest BCUT2D eigenvalue weighted by Crippen LogP contribution is -2.18. The van der Waals surface area contributed by atoms with E-state index in [0.29, 0.717) is 11.4 Å². The number of nitrogens with zero attached hydrogens (tertiary/aromatic N) is 3. The van der Waals surface area contributed by atoms with Gasteiger partial charge >= 0.3 is 0 Å². The SMILES string of the molecule is CCc1cc(CC)n(-c2nc3c(cc2C(N)=O)CCC3)n1. The minimum absolute atomic E-state index is 0.442. The van der Waals surface area contributed by atoms with E-state index in [1.54, 1.807) is 4.68 Å². The number of hydrogen-bond acceptors (Lipinski definition) is 3. The van der Waals surface area contributed by atoms with Crippen molar-refractivity contribution in [1.29, 1.82) is 0 Å². The van der Waals surface area contributed by atoms with Crippen LogP contribution in [0.1, 0.15) is 53.3 Å². The topological polar surface area (TPSA) is 73.8 Å². The maximum atomic E-state index is 11.8. The zero-order valence-electron chi connectivity index (χ0n) is 12.5. The van der Waals surface area contributed by atoms with E-state index in [-0.39, 0.29) is 0 Å². The van der Waals surface area contributed by atoms with Gasteiger partial charge in [0.05, 0.1) is 11.3 Å². The van der Waals surface area contributed by atoms with Crippen LogP contribution in [0.2, 0.25) is 0 Å². The van der Waals surface area contributed by atoms with Gasteiger partial charge in [-0.2, -0.15) is 5.10 Å². The van der Waals surface area contributed by atoms with Gasteiger partial charge in [-0.25, -0.2) is 9.67 Å². The molecule has 0 atom stereocenters. The van der Waals surface area contributed by atoms with E-state index in [4.69, 9.17) is 10.7 Å². The molecule has 0 bridgehead atoms. The van der Waals surface area contributed by atoms with Crippen LogP contribution in [0.4, 0.5) is 0 Å². The molecule has 21 heavy (non-hydrogen) atoms. The molecule has 1 aliphatic rings. The summed E-state index contributed by atoms with van der Waals surface area (Å²) in [6.07, 6.45) is 4.72. The van der Waals surface area contributed by atoms with Crippen molar-refractivity contribution < 1.29 is 4.79 Å². The van der Waals surface area contributed by atoms with Crippen molar-refractivity contribution in [3.8, 4) is 5.82 Å². The Kier molecular flexibility index (Phi) is 3.49. The normalized spacial score (nSPS) is 13.4. The zero-order valence-corrected chi connectivity index (χ0v) is 12.5. The van der Waals surface area contributed by atoms with E-state index in [2.05, 4.69) is 25.0 Å². The van der Waals surface area contributed by atoms with E-state index in [1.165, 1.54) is 0 Å². The molecular weight excluding hydrogens is 264 g/mol. The number of carbonyl (C=O) groups excluding carboxylic acids is 1. The van der Waals surface area contributed by atoms with E-state index in [9.17, 15) is 4.79 Å². The van der Waals surface area contributed by atoms with Crippen molar-refractivity contribution in [2.75, 3.05) is 0 Å². The number of fused-ring (bicyclic) bond motifs is 1. The molecule has 1 aliphatic carbocycles. The predicted molar refractivity (Wildman–Crippen MR) is 80.7 cm³/mol. The van der Waals surface area contributed by atoms with Gasteiger partial charge in [-0.15, -0.1) is 0 Å². The van der Waals surface area contributed by atoms with Gasteiger partial charge in [-0.3, -0.25) is 4.79 Å². The fourth-order valence-electron chi connectivity index (χ4n) is 2.89. The molecule has 5 heteroatoms. The van der Waals surface area contributed by atoms with Crippen LogP contribution >= 0.6 is 0 Å². The average Bonchev–Trinajstić information content (AvgIpc) is 3.11. The average molecular weight is 284 g/mol. The molecule has 1 amide bonds. The molecule has 0 spiro atoms. The van der Waals surface area contributed by atoms with Crippen LogP contribution in [-0.2, 0) is 25.7 Å². The summed E-state index contributed by atoms with van der Waals surface area (Å²) < 4.78 is 1.79. The van der Waals surface area contributed by atoms with Crippen LogP contribution in [0.15, 0.2) is 12.1 Å². The molecule has 0 aliphatic heterocycles. The minimum atomic E-state index is -0.442. The molecule has 0 fully saturated rings. The van der Waals surface area contributed by atoms with Crippen LogP contribution in [-0.4, -0.2) is 20.7 Å². The third kappa shape index (κ3) is 2.33. The summed E-state index contributed by atoms with van der Waals surface area (Å²) in [5.74, 6) is 0.141. The first-order valence-corrected chi connectivity index (χ1v) is 7.54. The van der Waals surface area contributed by atoms with E-state index >= 15 is 0 Å². The third-order valence-corrected chi connectivity index (χ3v) is 4.05. The maximum Gasteiger partial charge on any atom is 0.252 e. The Balaban J connectivity index is 2.21. The van der Waals surface area contributed by atoms with Gasteiger partial charge in [0.25, 0.3) is 5.91 Å². The van der Waals surface area contributed by atoms with Crippen LogP contribution in [0.25, 0.3) is 5.82 Å². The van der Waals surface area contributed by atoms with Gasteiger partial charge in [-0.1, -0.05) is 13.8 Å². The molecule has 5 nitrogen and oxygen atoms in total. The number of rotatable bonds is 4. The van der Waals surface area contributed by atoms with Crippen molar-refractivity contribution in [2.45, 2.75) is 46.0 Å². The minimum Gasteiger partial charge on any atom is -0.365 e. The molecule has 0 saturated heterocycles. The van der Waals surface area contributed by atoms with Gasteiger partial charge in [0, 0.05) is 11.4 Å². The number of hydrogen-bond donors (Lipinski definition) is 1. The van der Waals surface area contributed by atoms with Crippen LogP contribution in [0.5, 0.6) is 0 Å². The first-order valence-electron chi connectivity index (χ1n) is 7.54. The molecule has 0 aromatic carbocycles. The van der Waals surface area contributed by atoms with Crippen LogP contribution in [0, 0.1) is 0 Å². The lowest BCUT2D eigenvalue weighted by molar-refractivity contribution is 0.0999. The summed E-state index contributed by atoms with van der Waals surface area (Å²) in [6, 6.07) is 3.97. The molecule has 2 aromatic heterocycles. The van der Waals surface area contributed by atoms with Gasteiger partial charge < -0.3 is 5.73 Å². The molecule has 2 heterocycles.